The highest BCUT2D eigenvalue weighted by atomic mass is 16.2. The monoisotopic (exact) mass is 315 g/mol. The second kappa shape index (κ2) is 7.59. The summed E-state index contributed by atoms with van der Waals surface area (Å²) < 4.78 is 0. The summed E-state index contributed by atoms with van der Waals surface area (Å²) in [5.41, 5.74) is 1.37. The SMILES string of the molecule is O=C(NCC(=O)N1CCC(Cc2ccccc2)CC1)C1CNC1. The van der Waals surface area contributed by atoms with Crippen molar-refractivity contribution in [2.24, 2.45) is 11.8 Å². The van der Waals surface area contributed by atoms with Gasteiger partial charge in [-0.15, -0.1) is 0 Å². The van der Waals surface area contributed by atoms with Crippen LogP contribution in [0.1, 0.15) is 18.4 Å². The molecule has 0 unspecified atom stereocenters. The van der Waals surface area contributed by atoms with Crippen molar-refractivity contribution in [2.45, 2.75) is 19.3 Å². The summed E-state index contributed by atoms with van der Waals surface area (Å²) in [5, 5.41) is 5.82. The maximum Gasteiger partial charge on any atom is 0.241 e. The van der Waals surface area contributed by atoms with Gasteiger partial charge in [-0.3, -0.25) is 9.59 Å². The van der Waals surface area contributed by atoms with Gasteiger partial charge in [-0.2, -0.15) is 0 Å². The number of piperidine rings is 1. The Kier molecular flexibility index (Phi) is 5.28. The molecule has 2 saturated heterocycles. The minimum atomic E-state index is -0.00364. The molecule has 2 N–H and O–H groups in total. The highest BCUT2D eigenvalue weighted by Crippen LogP contribution is 2.21. The van der Waals surface area contributed by atoms with Gasteiger partial charge in [-0.1, -0.05) is 30.3 Å². The third-order valence-corrected chi connectivity index (χ3v) is 4.90. The molecule has 2 fully saturated rings. The summed E-state index contributed by atoms with van der Waals surface area (Å²) in [6.07, 6.45) is 3.18. The highest BCUT2D eigenvalue weighted by Gasteiger charge is 2.27. The molecule has 2 aliphatic heterocycles. The molecule has 2 heterocycles. The Bertz CT molecular complexity index is 534. The van der Waals surface area contributed by atoms with Crippen LogP contribution in [-0.2, 0) is 16.0 Å². The van der Waals surface area contributed by atoms with E-state index in [1.54, 1.807) is 0 Å². The van der Waals surface area contributed by atoms with E-state index in [-0.39, 0.29) is 24.3 Å². The second-order valence-electron chi connectivity index (χ2n) is 6.59. The van der Waals surface area contributed by atoms with Gasteiger partial charge < -0.3 is 15.5 Å². The van der Waals surface area contributed by atoms with E-state index >= 15 is 0 Å². The van der Waals surface area contributed by atoms with Crippen molar-refractivity contribution in [1.82, 2.24) is 15.5 Å². The molecule has 0 atom stereocenters. The quantitative estimate of drug-likeness (QED) is 0.845. The van der Waals surface area contributed by atoms with E-state index in [1.165, 1.54) is 5.56 Å². The first-order chi connectivity index (χ1) is 11.2. The predicted molar refractivity (Wildman–Crippen MR) is 88.8 cm³/mol. The second-order valence-corrected chi connectivity index (χ2v) is 6.59. The summed E-state index contributed by atoms with van der Waals surface area (Å²) in [7, 11) is 0. The molecule has 0 saturated carbocycles. The number of likely N-dealkylation sites (tertiary alicyclic amines) is 1. The lowest BCUT2D eigenvalue weighted by atomic mass is 9.90. The molecule has 1 aromatic rings. The third kappa shape index (κ3) is 4.32. The lowest BCUT2D eigenvalue weighted by Crippen LogP contribution is -2.52. The number of nitrogens with zero attached hydrogens (tertiary/aromatic N) is 1. The van der Waals surface area contributed by atoms with Gasteiger partial charge in [0.05, 0.1) is 12.5 Å². The van der Waals surface area contributed by atoms with Crippen molar-refractivity contribution in [1.29, 1.82) is 0 Å². The van der Waals surface area contributed by atoms with E-state index in [4.69, 9.17) is 0 Å². The molecule has 0 spiro atoms. The fourth-order valence-electron chi connectivity index (χ4n) is 3.23. The van der Waals surface area contributed by atoms with Crippen LogP contribution in [0.5, 0.6) is 0 Å². The van der Waals surface area contributed by atoms with Gasteiger partial charge in [0.1, 0.15) is 0 Å². The smallest absolute Gasteiger partial charge is 0.241 e. The van der Waals surface area contributed by atoms with E-state index in [2.05, 4.69) is 34.9 Å². The zero-order chi connectivity index (χ0) is 16.1. The lowest BCUT2D eigenvalue weighted by molar-refractivity contribution is -0.135. The van der Waals surface area contributed by atoms with E-state index in [1.807, 2.05) is 11.0 Å². The topological polar surface area (TPSA) is 61.4 Å². The molecule has 0 aromatic heterocycles. The van der Waals surface area contributed by atoms with Gasteiger partial charge in [-0.25, -0.2) is 0 Å². The van der Waals surface area contributed by atoms with Crippen molar-refractivity contribution in [3.63, 3.8) is 0 Å². The standard InChI is InChI=1S/C18H25N3O2/c22-17(13-20-18(23)16-11-19-12-16)21-8-6-15(7-9-21)10-14-4-2-1-3-5-14/h1-5,15-16,19H,6-13H2,(H,20,23). The average molecular weight is 315 g/mol. The fourth-order valence-corrected chi connectivity index (χ4v) is 3.23. The zero-order valence-corrected chi connectivity index (χ0v) is 13.5. The lowest BCUT2D eigenvalue weighted by Gasteiger charge is -2.32. The van der Waals surface area contributed by atoms with Gasteiger partial charge in [0.2, 0.25) is 11.8 Å². The van der Waals surface area contributed by atoms with E-state index in [0.717, 1.165) is 45.4 Å². The van der Waals surface area contributed by atoms with Gasteiger partial charge in [0, 0.05) is 26.2 Å². The van der Waals surface area contributed by atoms with Crippen LogP contribution in [0.2, 0.25) is 0 Å². The van der Waals surface area contributed by atoms with Crippen LogP contribution >= 0.6 is 0 Å². The molecule has 2 aliphatic rings. The van der Waals surface area contributed by atoms with Gasteiger partial charge in [-0.05, 0) is 30.7 Å². The van der Waals surface area contributed by atoms with Crippen molar-refractivity contribution < 1.29 is 9.59 Å². The van der Waals surface area contributed by atoms with Crippen LogP contribution in [0.15, 0.2) is 30.3 Å². The summed E-state index contributed by atoms with van der Waals surface area (Å²) in [5.74, 6) is 0.733. The number of carbonyl (C=O) groups is 2. The van der Waals surface area contributed by atoms with Crippen LogP contribution in [0.25, 0.3) is 0 Å². The number of benzene rings is 1. The molecule has 23 heavy (non-hydrogen) atoms. The molecule has 3 rings (SSSR count). The Hall–Kier alpha value is -1.88. The molecular formula is C18H25N3O2. The van der Waals surface area contributed by atoms with E-state index < -0.39 is 0 Å². The van der Waals surface area contributed by atoms with Crippen LogP contribution in [0.3, 0.4) is 0 Å². The summed E-state index contributed by atoms with van der Waals surface area (Å²) in [4.78, 5) is 25.8. The summed E-state index contributed by atoms with van der Waals surface area (Å²) >= 11 is 0. The maximum absolute atomic E-state index is 12.2. The van der Waals surface area contributed by atoms with Gasteiger partial charge in [0.25, 0.3) is 0 Å². The van der Waals surface area contributed by atoms with Gasteiger partial charge in [0.15, 0.2) is 0 Å². The Labute approximate surface area is 137 Å². The number of amides is 2. The first-order valence-electron chi connectivity index (χ1n) is 8.52. The van der Waals surface area contributed by atoms with Crippen molar-refractivity contribution in [2.75, 3.05) is 32.7 Å². The summed E-state index contributed by atoms with van der Waals surface area (Å²) in [6, 6.07) is 10.5. The molecule has 5 nitrogen and oxygen atoms in total. The molecule has 1 aromatic carbocycles. The Morgan fingerprint density at radius 1 is 1.13 bits per heavy atom. The van der Waals surface area contributed by atoms with Gasteiger partial charge >= 0.3 is 0 Å². The first kappa shape index (κ1) is 16.0. The van der Waals surface area contributed by atoms with E-state index in [0.29, 0.717) is 5.92 Å². The predicted octanol–water partition coefficient (Wildman–Crippen LogP) is 0.803. The number of hydrogen-bond acceptors (Lipinski definition) is 3. The number of carbonyl (C=O) groups excluding carboxylic acids is 2. The average Bonchev–Trinajstić information content (AvgIpc) is 2.53. The first-order valence-corrected chi connectivity index (χ1v) is 8.52. The number of hydrogen-bond donors (Lipinski definition) is 2. The zero-order valence-electron chi connectivity index (χ0n) is 13.5. The van der Waals surface area contributed by atoms with E-state index in [9.17, 15) is 9.59 Å². The van der Waals surface area contributed by atoms with Crippen LogP contribution in [0, 0.1) is 11.8 Å². The minimum absolute atomic E-state index is 0.00364. The van der Waals surface area contributed by atoms with Crippen molar-refractivity contribution in [3.05, 3.63) is 35.9 Å². The largest absolute Gasteiger partial charge is 0.347 e. The Balaban J connectivity index is 1.38. The molecular weight excluding hydrogens is 290 g/mol. The minimum Gasteiger partial charge on any atom is -0.347 e. The fraction of sp³-hybridized carbons (Fsp3) is 0.556. The van der Waals surface area contributed by atoms with Crippen LogP contribution in [0.4, 0.5) is 0 Å². The van der Waals surface area contributed by atoms with Crippen LogP contribution < -0.4 is 10.6 Å². The molecule has 0 radical (unpaired) electrons. The van der Waals surface area contributed by atoms with Crippen LogP contribution in [-0.4, -0.2) is 49.4 Å². The Morgan fingerprint density at radius 2 is 1.83 bits per heavy atom. The highest BCUT2D eigenvalue weighted by molar-refractivity contribution is 5.86. The third-order valence-electron chi connectivity index (χ3n) is 4.90. The molecule has 0 aliphatic carbocycles. The number of rotatable bonds is 5. The van der Waals surface area contributed by atoms with Crippen molar-refractivity contribution >= 4 is 11.8 Å². The maximum atomic E-state index is 12.2. The number of nitrogens with one attached hydrogen (secondary N) is 2. The molecule has 5 heteroatoms. The molecule has 124 valence electrons. The summed E-state index contributed by atoms with van der Waals surface area (Å²) in [6.45, 7) is 3.20. The normalized spacial score (nSPS) is 19.2. The molecule has 0 bridgehead atoms. The Morgan fingerprint density at radius 3 is 2.43 bits per heavy atom. The van der Waals surface area contributed by atoms with Crippen molar-refractivity contribution in [3.8, 4) is 0 Å². The molecule has 2 amide bonds.